The van der Waals surface area contributed by atoms with Crippen LogP contribution in [-0.4, -0.2) is 4.92 Å². The van der Waals surface area contributed by atoms with Crippen molar-refractivity contribution in [2.45, 2.75) is 25.9 Å². The number of nitro groups is 1. The van der Waals surface area contributed by atoms with E-state index in [-0.39, 0.29) is 22.7 Å². The smallest absolute Gasteiger partial charge is 0.274 e. The van der Waals surface area contributed by atoms with Gasteiger partial charge >= 0.3 is 0 Å². The van der Waals surface area contributed by atoms with Crippen molar-refractivity contribution < 1.29 is 9.34 Å². The molecular formula is C14H16N2O3. The predicted octanol–water partition coefficient (Wildman–Crippen LogP) is 3.60. The number of furan rings is 1. The van der Waals surface area contributed by atoms with Crippen molar-refractivity contribution in [2.24, 2.45) is 0 Å². The number of benzene rings is 1. The molecule has 1 unspecified atom stereocenters. The van der Waals surface area contributed by atoms with Gasteiger partial charge in [0, 0.05) is 17.7 Å². The van der Waals surface area contributed by atoms with Crippen molar-refractivity contribution in [3.05, 3.63) is 64.1 Å². The molecule has 5 nitrogen and oxygen atoms in total. The molecule has 0 saturated heterocycles. The zero-order chi connectivity index (χ0) is 13.8. The van der Waals surface area contributed by atoms with Crippen LogP contribution in [0, 0.1) is 10.1 Å². The molecule has 0 aliphatic rings. The molecule has 1 aromatic heterocycles. The number of hydrogen-bond donors (Lipinski definition) is 1. The minimum absolute atomic E-state index is 0.00943. The van der Waals surface area contributed by atoms with Crippen LogP contribution in [0.1, 0.15) is 37.3 Å². The van der Waals surface area contributed by atoms with E-state index in [4.69, 9.17) is 4.42 Å². The first-order valence-electron chi connectivity index (χ1n) is 6.12. The third-order valence-electron chi connectivity index (χ3n) is 3.07. The van der Waals surface area contributed by atoms with Crippen molar-refractivity contribution in [3.8, 4) is 0 Å². The highest BCUT2D eigenvalue weighted by atomic mass is 16.6. The Bertz CT molecular complexity index is 552. The van der Waals surface area contributed by atoms with Crippen LogP contribution >= 0.6 is 0 Å². The fourth-order valence-electron chi connectivity index (χ4n) is 2.10. The largest absolute Gasteiger partial charge is 0.468 e. The number of nitrogens with zero attached hydrogens (tertiary/aromatic N) is 1. The summed E-state index contributed by atoms with van der Waals surface area (Å²) in [5, 5.41) is 14.3. The molecule has 0 radical (unpaired) electrons. The minimum atomic E-state index is -0.356. The molecular weight excluding hydrogens is 244 g/mol. The van der Waals surface area contributed by atoms with Crippen LogP contribution in [0.15, 0.2) is 47.1 Å². The Balaban J connectivity index is 2.16. The fourth-order valence-corrected chi connectivity index (χ4v) is 2.10. The third-order valence-corrected chi connectivity index (χ3v) is 3.07. The number of rotatable bonds is 5. The molecule has 19 heavy (non-hydrogen) atoms. The molecule has 0 bridgehead atoms. The van der Waals surface area contributed by atoms with Crippen LogP contribution in [0.4, 0.5) is 5.69 Å². The molecule has 100 valence electrons. The normalized spacial score (nSPS) is 14.0. The highest BCUT2D eigenvalue weighted by Gasteiger charge is 2.20. The van der Waals surface area contributed by atoms with Crippen LogP contribution in [0.2, 0.25) is 0 Å². The molecule has 0 fully saturated rings. The average molecular weight is 260 g/mol. The summed E-state index contributed by atoms with van der Waals surface area (Å²) in [6.45, 7) is 3.87. The SMILES string of the molecule is CC(N[C@H](C)c1ccco1)c1ccccc1[N+](=O)[O-]. The molecule has 2 aromatic rings. The van der Waals surface area contributed by atoms with Crippen LogP contribution < -0.4 is 5.32 Å². The Labute approximate surface area is 111 Å². The minimum Gasteiger partial charge on any atom is -0.468 e. The second-order valence-electron chi connectivity index (χ2n) is 4.44. The van der Waals surface area contributed by atoms with Gasteiger partial charge in [-0.05, 0) is 26.0 Å². The number of nitrogens with one attached hydrogen (secondary N) is 1. The van der Waals surface area contributed by atoms with Crippen molar-refractivity contribution in [1.82, 2.24) is 5.32 Å². The van der Waals surface area contributed by atoms with E-state index in [1.807, 2.05) is 26.0 Å². The van der Waals surface area contributed by atoms with Gasteiger partial charge < -0.3 is 9.73 Å². The van der Waals surface area contributed by atoms with E-state index in [1.54, 1.807) is 24.5 Å². The fraction of sp³-hybridized carbons (Fsp3) is 0.286. The number of para-hydroxylation sites is 1. The van der Waals surface area contributed by atoms with Crippen LogP contribution in [0.3, 0.4) is 0 Å². The van der Waals surface area contributed by atoms with Crippen molar-refractivity contribution >= 4 is 5.69 Å². The summed E-state index contributed by atoms with van der Waals surface area (Å²) in [7, 11) is 0. The Morgan fingerprint density at radius 2 is 1.89 bits per heavy atom. The number of hydrogen-bond acceptors (Lipinski definition) is 4. The maximum atomic E-state index is 11.0. The first-order chi connectivity index (χ1) is 9.09. The molecule has 0 aliphatic heterocycles. The Kier molecular flexibility index (Phi) is 3.97. The standard InChI is InChI=1S/C14H16N2O3/c1-10(15-11(2)14-8-5-9-19-14)12-6-3-4-7-13(12)16(17)18/h3-11,15H,1-2H3/t10?,11-/m1/s1. The third kappa shape index (κ3) is 3.00. The quantitative estimate of drug-likeness (QED) is 0.658. The van der Waals surface area contributed by atoms with Gasteiger partial charge in [-0.25, -0.2) is 0 Å². The van der Waals surface area contributed by atoms with Crippen LogP contribution in [0.25, 0.3) is 0 Å². The highest BCUT2D eigenvalue weighted by molar-refractivity contribution is 5.41. The summed E-state index contributed by atoms with van der Waals surface area (Å²) in [5.74, 6) is 0.811. The lowest BCUT2D eigenvalue weighted by Crippen LogP contribution is -2.22. The average Bonchev–Trinajstić information content (AvgIpc) is 2.92. The van der Waals surface area contributed by atoms with Crippen molar-refractivity contribution in [3.63, 3.8) is 0 Å². The Hall–Kier alpha value is -2.14. The van der Waals surface area contributed by atoms with Gasteiger partial charge in [0.1, 0.15) is 5.76 Å². The van der Waals surface area contributed by atoms with Gasteiger partial charge in [0.05, 0.1) is 17.2 Å². The molecule has 2 atom stereocenters. The van der Waals surface area contributed by atoms with E-state index >= 15 is 0 Å². The van der Waals surface area contributed by atoms with E-state index in [2.05, 4.69) is 5.32 Å². The summed E-state index contributed by atoms with van der Waals surface area (Å²) in [6.07, 6.45) is 1.61. The molecule has 1 heterocycles. The van der Waals surface area contributed by atoms with Gasteiger partial charge in [0.25, 0.3) is 5.69 Å². The summed E-state index contributed by atoms with van der Waals surface area (Å²) in [6, 6.07) is 10.3. The zero-order valence-electron chi connectivity index (χ0n) is 10.9. The van der Waals surface area contributed by atoms with Gasteiger partial charge in [-0.3, -0.25) is 10.1 Å². The van der Waals surface area contributed by atoms with Gasteiger partial charge in [0.2, 0.25) is 0 Å². The van der Waals surface area contributed by atoms with Gasteiger partial charge in [-0.1, -0.05) is 18.2 Å². The Morgan fingerprint density at radius 1 is 1.16 bits per heavy atom. The molecule has 0 spiro atoms. The monoisotopic (exact) mass is 260 g/mol. The summed E-state index contributed by atoms with van der Waals surface area (Å²) < 4.78 is 5.31. The van der Waals surface area contributed by atoms with Crippen molar-refractivity contribution in [1.29, 1.82) is 0 Å². The molecule has 5 heteroatoms. The second-order valence-corrected chi connectivity index (χ2v) is 4.44. The lowest BCUT2D eigenvalue weighted by molar-refractivity contribution is -0.385. The maximum Gasteiger partial charge on any atom is 0.274 e. The molecule has 1 aromatic carbocycles. The topological polar surface area (TPSA) is 68.3 Å². The summed E-state index contributed by atoms with van der Waals surface area (Å²) >= 11 is 0. The molecule has 0 aliphatic carbocycles. The Morgan fingerprint density at radius 3 is 2.53 bits per heavy atom. The first kappa shape index (κ1) is 13.3. The van der Waals surface area contributed by atoms with Gasteiger partial charge in [0.15, 0.2) is 0 Å². The molecule has 0 amide bonds. The number of nitro benzene ring substituents is 1. The van der Waals surface area contributed by atoms with Gasteiger partial charge in [-0.15, -0.1) is 0 Å². The van der Waals surface area contributed by atoms with Crippen molar-refractivity contribution in [2.75, 3.05) is 0 Å². The van der Waals surface area contributed by atoms with E-state index in [0.29, 0.717) is 5.56 Å². The zero-order valence-corrected chi connectivity index (χ0v) is 10.9. The first-order valence-corrected chi connectivity index (χ1v) is 6.12. The van der Waals surface area contributed by atoms with Crippen LogP contribution in [-0.2, 0) is 0 Å². The molecule has 0 saturated carbocycles. The molecule has 1 N–H and O–H groups in total. The van der Waals surface area contributed by atoms with E-state index in [0.717, 1.165) is 5.76 Å². The van der Waals surface area contributed by atoms with Crippen LogP contribution in [0.5, 0.6) is 0 Å². The van der Waals surface area contributed by atoms with Gasteiger partial charge in [-0.2, -0.15) is 0 Å². The second kappa shape index (κ2) is 5.67. The molecule has 2 rings (SSSR count). The lowest BCUT2D eigenvalue weighted by Gasteiger charge is -2.18. The lowest BCUT2D eigenvalue weighted by atomic mass is 10.1. The predicted molar refractivity (Wildman–Crippen MR) is 71.8 cm³/mol. The van der Waals surface area contributed by atoms with E-state index < -0.39 is 0 Å². The highest BCUT2D eigenvalue weighted by Crippen LogP contribution is 2.26. The maximum absolute atomic E-state index is 11.0. The summed E-state index contributed by atoms with van der Waals surface area (Å²) in [5.41, 5.74) is 0.806. The van der Waals surface area contributed by atoms with E-state index in [1.165, 1.54) is 6.07 Å². The van der Waals surface area contributed by atoms with E-state index in [9.17, 15) is 10.1 Å². The summed E-state index contributed by atoms with van der Waals surface area (Å²) in [4.78, 5) is 10.6.